The molecule has 0 spiro atoms. The summed E-state index contributed by atoms with van der Waals surface area (Å²) in [7, 11) is 0. The van der Waals surface area contributed by atoms with Crippen LogP contribution in [0.3, 0.4) is 0 Å². The second kappa shape index (κ2) is 7.51. The first-order valence-electron chi connectivity index (χ1n) is 9.20. The highest BCUT2D eigenvalue weighted by molar-refractivity contribution is 5.99. The van der Waals surface area contributed by atoms with Gasteiger partial charge in [0.05, 0.1) is 25.0 Å². The predicted octanol–water partition coefficient (Wildman–Crippen LogP) is 1.72. The van der Waals surface area contributed by atoms with E-state index in [1.54, 1.807) is 19.3 Å². The Kier molecular flexibility index (Phi) is 4.91. The van der Waals surface area contributed by atoms with Gasteiger partial charge in [0, 0.05) is 25.0 Å². The molecule has 0 bridgehead atoms. The lowest BCUT2D eigenvalue weighted by Gasteiger charge is -2.26. The Morgan fingerprint density at radius 1 is 1.43 bits per heavy atom. The lowest BCUT2D eigenvalue weighted by Crippen LogP contribution is -2.35. The van der Waals surface area contributed by atoms with E-state index in [0.29, 0.717) is 17.0 Å². The summed E-state index contributed by atoms with van der Waals surface area (Å²) in [6.45, 7) is 2.34. The molecule has 1 saturated heterocycles. The lowest BCUT2D eigenvalue weighted by molar-refractivity contribution is 0.0924. The molecule has 1 fully saturated rings. The number of anilines is 1. The monoisotopic (exact) mass is 384 g/mol. The van der Waals surface area contributed by atoms with Gasteiger partial charge in [-0.15, -0.1) is 0 Å². The third-order valence-corrected chi connectivity index (χ3v) is 4.91. The fraction of sp³-hybridized carbons (Fsp3) is 0.368. The maximum Gasteiger partial charge on any atom is 0.257 e. The summed E-state index contributed by atoms with van der Waals surface area (Å²) in [5, 5.41) is 16.0. The van der Waals surface area contributed by atoms with E-state index in [-0.39, 0.29) is 30.4 Å². The van der Waals surface area contributed by atoms with E-state index in [0.717, 1.165) is 24.9 Å². The van der Waals surface area contributed by atoms with Crippen molar-refractivity contribution in [1.82, 2.24) is 24.9 Å². The zero-order valence-electron chi connectivity index (χ0n) is 15.4. The maximum absolute atomic E-state index is 13.6. The van der Waals surface area contributed by atoms with E-state index in [1.807, 2.05) is 6.07 Å². The van der Waals surface area contributed by atoms with E-state index < -0.39 is 0 Å². The van der Waals surface area contributed by atoms with Crippen LogP contribution in [-0.2, 0) is 0 Å². The van der Waals surface area contributed by atoms with Crippen LogP contribution in [0, 0.1) is 5.82 Å². The molecule has 0 aliphatic carbocycles. The van der Waals surface area contributed by atoms with E-state index in [4.69, 9.17) is 5.11 Å². The molecule has 1 aliphatic rings. The Morgan fingerprint density at radius 3 is 3.07 bits per heavy atom. The fourth-order valence-corrected chi connectivity index (χ4v) is 3.52. The summed E-state index contributed by atoms with van der Waals surface area (Å²) >= 11 is 0. The zero-order valence-corrected chi connectivity index (χ0v) is 15.4. The van der Waals surface area contributed by atoms with Crippen molar-refractivity contribution in [2.75, 3.05) is 18.1 Å². The number of aliphatic hydroxyl groups is 1. The zero-order chi connectivity index (χ0) is 19.7. The third-order valence-electron chi connectivity index (χ3n) is 4.91. The highest BCUT2D eigenvalue weighted by Gasteiger charge is 2.28. The molecule has 0 unspecified atom stereocenters. The van der Waals surface area contributed by atoms with Crippen molar-refractivity contribution in [3.05, 3.63) is 53.9 Å². The molecule has 2 N–H and O–H groups in total. The molecular weight excluding hydrogens is 363 g/mol. The first-order valence-corrected chi connectivity index (χ1v) is 9.20. The standard InChI is InChI=1S/C19H21FN6O2/c1-12(11-27)23-19(28)15-10-22-26-6-4-17(24-18(15)26)25-5-2-3-16(25)13-7-14(20)9-21-8-13/h4,6-10,12,16,27H,2-3,5,11H2,1H3,(H,23,28)/t12-,16-/m1/s1. The average molecular weight is 384 g/mol. The van der Waals surface area contributed by atoms with Crippen LogP contribution in [0.1, 0.15) is 41.7 Å². The summed E-state index contributed by atoms with van der Waals surface area (Å²) < 4.78 is 15.2. The summed E-state index contributed by atoms with van der Waals surface area (Å²) in [6, 6.07) is 2.95. The number of aliphatic hydroxyl groups excluding tert-OH is 1. The Balaban J connectivity index is 1.67. The minimum Gasteiger partial charge on any atom is -0.394 e. The van der Waals surface area contributed by atoms with Crippen molar-refractivity contribution < 1.29 is 14.3 Å². The Morgan fingerprint density at radius 2 is 2.29 bits per heavy atom. The first-order chi connectivity index (χ1) is 13.6. The number of fused-ring (bicyclic) bond motifs is 1. The summed E-state index contributed by atoms with van der Waals surface area (Å²) in [5.74, 6) is -0.00182. The topological polar surface area (TPSA) is 95.6 Å². The molecule has 9 heteroatoms. The van der Waals surface area contributed by atoms with Crippen LogP contribution >= 0.6 is 0 Å². The van der Waals surface area contributed by atoms with Gasteiger partial charge in [-0.3, -0.25) is 9.78 Å². The smallest absolute Gasteiger partial charge is 0.257 e. The average Bonchev–Trinajstić information content (AvgIpc) is 3.34. The SMILES string of the molecule is C[C@H](CO)NC(=O)c1cnn2ccc(N3CCC[C@@H]3c3cncc(F)c3)nc12. The van der Waals surface area contributed by atoms with Gasteiger partial charge < -0.3 is 15.3 Å². The molecule has 3 aromatic heterocycles. The predicted molar refractivity (Wildman–Crippen MR) is 101 cm³/mol. The Labute approximate surface area is 161 Å². The molecule has 3 aromatic rings. The third kappa shape index (κ3) is 3.40. The molecule has 4 heterocycles. The van der Waals surface area contributed by atoms with Gasteiger partial charge in [-0.05, 0) is 37.5 Å². The highest BCUT2D eigenvalue weighted by atomic mass is 19.1. The number of halogens is 1. The number of aromatic nitrogens is 4. The molecule has 4 rings (SSSR count). The number of carbonyl (C=O) groups excluding carboxylic acids is 1. The van der Waals surface area contributed by atoms with Crippen molar-refractivity contribution in [2.45, 2.75) is 31.8 Å². The number of hydrogen-bond donors (Lipinski definition) is 2. The highest BCUT2D eigenvalue weighted by Crippen LogP contribution is 2.35. The minimum absolute atomic E-state index is 0.0206. The molecule has 1 aliphatic heterocycles. The number of rotatable bonds is 5. The van der Waals surface area contributed by atoms with Gasteiger partial charge in [-0.25, -0.2) is 13.9 Å². The van der Waals surface area contributed by atoms with Gasteiger partial charge in [0.1, 0.15) is 17.2 Å². The molecule has 0 saturated carbocycles. The molecule has 2 atom stereocenters. The number of hydrogen-bond acceptors (Lipinski definition) is 6. The fourth-order valence-electron chi connectivity index (χ4n) is 3.52. The first kappa shape index (κ1) is 18.3. The quantitative estimate of drug-likeness (QED) is 0.695. The second-order valence-electron chi connectivity index (χ2n) is 6.96. The van der Waals surface area contributed by atoms with Crippen molar-refractivity contribution in [1.29, 1.82) is 0 Å². The molecule has 146 valence electrons. The molecular formula is C19H21FN6O2. The van der Waals surface area contributed by atoms with Crippen molar-refractivity contribution in [3.63, 3.8) is 0 Å². The minimum atomic E-state index is -0.367. The molecule has 28 heavy (non-hydrogen) atoms. The summed E-state index contributed by atoms with van der Waals surface area (Å²) in [6.07, 6.45) is 7.91. The van der Waals surface area contributed by atoms with E-state index in [1.165, 1.54) is 23.0 Å². The van der Waals surface area contributed by atoms with Crippen LogP contribution in [0.2, 0.25) is 0 Å². The van der Waals surface area contributed by atoms with Crippen LogP contribution in [0.4, 0.5) is 10.2 Å². The normalized spacial score (nSPS) is 17.8. The van der Waals surface area contributed by atoms with Crippen molar-refractivity contribution in [3.8, 4) is 0 Å². The van der Waals surface area contributed by atoms with Crippen molar-refractivity contribution in [2.24, 2.45) is 0 Å². The van der Waals surface area contributed by atoms with Gasteiger partial charge in [0.15, 0.2) is 5.65 Å². The van der Waals surface area contributed by atoms with Gasteiger partial charge in [-0.2, -0.15) is 5.10 Å². The molecule has 1 amide bonds. The van der Waals surface area contributed by atoms with Gasteiger partial charge in [0.25, 0.3) is 5.91 Å². The second-order valence-corrected chi connectivity index (χ2v) is 6.96. The number of nitrogens with zero attached hydrogens (tertiary/aromatic N) is 5. The summed E-state index contributed by atoms with van der Waals surface area (Å²) in [5.41, 5.74) is 1.58. The van der Waals surface area contributed by atoms with Crippen LogP contribution in [0.15, 0.2) is 36.9 Å². The molecule has 0 radical (unpaired) electrons. The summed E-state index contributed by atoms with van der Waals surface area (Å²) in [4.78, 5) is 23.2. The Hall–Kier alpha value is -3.07. The lowest BCUT2D eigenvalue weighted by atomic mass is 10.1. The van der Waals surface area contributed by atoms with Crippen LogP contribution in [-0.4, -0.2) is 49.8 Å². The van der Waals surface area contributed by atoms with Crippen LogP contribution in [0.5, 0.6) is 0 Å². The molecule has 0 aromatic carbocycles. The van der Waals surface area contributed by atoms with E-state index in [2.05, 4.69) is 25.3 Å². The molecule has 8 nitrogen and oxygen atoms in total. The number of amides is 1. The maximum atomic E-state index is 13.6. The van der Waals surface area contributed by atoms with Crippen molar-refractivity contribution >= 4 is 17.4 Å². The van der Waals surface area contributed by atoms with Gasteiger partial charge in [0.2, 0.25) is 0 Å². The number of carbonyl (C=O) groups is 1. The van der Waals surface area contributed by atoms with Crippen LogP contribution in [0.25, 0.3) is 5.65 Å². The van der Waals surface area contributed by atoms with Gasteiger partial charge >= 0.3 is 0 Å². The van der Waals surface area contributed by atoms with Gasteiger partial charge in [-0.1, -0.05) is 0 Å². The number of pyridine rings is 1. The van der Waals surface area contributed by atoms with E-state index in [9.17, 15) is 9.18 Å². The largest absolute Gasteiger partial charge is 0.394 e. The Bertz CT molecular complexity index is 1010. The number of nitrogens with one attached hydrogen (secondary N) is 1. The van der Waals surface area contributed by atoms with Crippen LogP contribution < -0.4 is 10.2 Å². The van der Waals surface area contributed by atoms with E-state index >= 15 is 0 Å².